The zero-order valence-electron chi connectivity index (χ0n) is 8.78. The van der Waals surface area contributed by atoms with Crippen LogP contribution in [0.5, 0.6) is 0 Å². The fourth-order valence-corrected chi connectivity index (χ4v) is 1.56. The Morgan fingerprint density at radius 1 is 1.06 bits per heavy atom. The monoisotopic (exact) mass is 272 g/mol. The molecule has 0 heterocycles. The molecule has 0 fully saturated rings. The second kappa shape index (κ2) is 4.18. The van der Waals surface area contributed by atoms with E-state index < -0.39 is 40.6 Å². The van der Waals surface area contributed by atoms with Crippen molar-refractivity contribution >= 4 is 5.97 Å². The third-order valence-electron chi connectivity index (χ3n) is 2.28. The molecule has 0 aliphatic heterocycles. The van der Waals surface area contributed by atoms with Gasteiger partial charge in [-0.25, -0.2) is 4.79 Å². The van der Waals surface area contributed by atoms with Gasteiger partial charge in [0, 0.05) is 0 Å². The first-order valence-corrected chi connectivity index (χ1v) is 4.47. The molecule has 0 aliphatic carbocycles. The van der Waals surface area contributed by atoms with Gasteiger partial charge < -0.3 is 5.11 Å². The van der Waals surface area contributed by atoms with Crippen LogP contribution in [0.4, 0.5) is 26.3 Å². The van der Waals surface area contributed by atoms with Crippen molar-refractivity contribution in [3.05, 3.63) is 34.4 Å². The zero-order valence-corrected chi connectivity index (χ0v) is 8.78. The van der Waals surface area contributed by atoms with Crippen molar-refractivity contribution in [3.63, 3.8) is 0 Å². The van der Waals surface area contributed by atoms with E-state index in [4.69, 9.17) is 5.11 Å². The molecule has 18 heavy (non-hydrogen) atoms. The van der Waals surface area contributed by atoms with Gasteiger partial charge in [-0.15, -0.1) is 0 Å². The van der Waals surface area contributed by atoms with E-state index >= 15 is 0 Å². The van der Waals surface area contributed by atoms with Gasteiger partial charge in [-0.05, 0) is 24.6 Å². The number of carbonyl (C=O) groups is 1. The highest BCUT2D eigenvalue weighted by atomic mass is 19.4. The summed E-state index contributed by atoms with van der Waals surface area (Å²) in [6.07, 6.45) is -10.1. The number of alkyl halides is 6. The lowest BCUT2D eigenvalue weighted by Gasteiger charge is -2.18. The molecule has 0 aliphatic rings. The Kier molecular flexibility index (Phi) is 3.33. The lowest BCUT2D eigenvalue weighted by molar-refractivity contribution is -0.144. The molecule has 0 radical (unpaired) electrons. The van der Waals surface area contributed by atoms with Gasteiger partial charge in [-0.3, -0.25) is 0 Å². The number of hydrogen-bond acceptors (Lipinski definition) is 1. The van der Waals surface area contributed by atoms with E-state index in [-0.39, 0.29) is 0 Å². The quantitative estimate of drug-likeness (QED) is 0.791. The molecule has 1 aromatic carbocycles. The van der Waals surface area contributed by atoms with E-state index in [1.165, 1.54) is 0 Å². The summed E-state index contributed by atoms with van der Waals surface area (Å²) in [6.45, 7) is 0.595. The summed E-state index contributed by atoms with van der Waals surface area (Å²) in [7, 11) is 0. The maximum absolute atomic E-state index is 12.6. The molecule has 0 aromatic heterocycles. The first-order chi connectivity index (χ1) is 7.96. The minimum atomic E-state index is -5.17. The van der Waals surface area contributed by atoms with Gasteiger partial charge in [0.15, 0.2) is 0 Å². The Labute approximate surface area is 96.8 Å². The lowest BCUT2D eigenvalue weighted by Crippen LogP contribution is -2.19. The molecule has 0 spiro atoms. The van der Waals surface area contributed by atoms with E-state index in [1.807, 2.05) is 0 Å². The van der Waals surface area contributed by atoms with Gasteiger partial charge in [0.25, 0.3) is 0 Å². The van der Waals surface area contributed by atoms with Crippen LogP contribution in [-0.4, -0.2) is 11.1 Å². The summed E-state index contributed by atoms with van der Waals surface area (Å²) in [5.41, 5.74) is -5.62. The first-order valence-electron chi connectivity index (χ1n) is 4.47. The molecular formula is C10H6F6O2. The third-order valence-corrected chi connectivity index (χ3v) is 2.28. The molecule has 0 amide bonds. The minimum absolute atomic E-state index is 0.307. The van der Waals surface area contributed by atoms with Gasteiger partial charge in [0.05, 0.1) is 16.7 Å². The molecule has 1 N–H and O–H groups in total. The summed E-state index contributed by atoms with van der Waals surface area (Å²) in [4.78, 5) is 10.6. The maximum Gasteiger partial charge on any atom is 0.417 e. The van der Waals surface area contributed by atoms with Crippen molar-refractivity contribution in [3.8, 4) is 0 Å². The van der Waals surface area contributed by atoms with E-state index in [9.17, 15) is 31.1 Å². The van der Waals surface area contributed by atoms with E-state index in [2.05, 4.69) is 0 Å². The number of aromatic carboxylic acids is 1. The number of carboxylic acids is 1. The summed E-state index contributed by atoms with van der Waals surface area (Å²) in [5.74, 6) is -1.93. The topological polar surface area (TPSA) is 37.3 Å². The van der Waals surface area contributed by atoms with Crippen molar-refractivity contribution in [2.75, 3.05) is 0 Å². The normalized spacial score (nSPS) is 12.6. The second-order valence-electron chi connectivity index (χ2n) is 3.46. The third kappa shape index (κ3) is 2.57. The number of benzene rings is 1. The number of rotatable bonds is 1. The van der Waals surface area contributed by atoms with Crippen LogP contribution in [0.2, 0.25) is 0 Å². The molecule has 2 nitrogen and oxygen atoms in total. The molecule has 100 valence electrons. The Morgan fingerprint density at radius 3 is 1.89 bits per heavy atom. The van der Waals surface area contributed by atoms with Crippen molar-refractivity contribution in [1.29, 1.82) is 0 Å². The molecule has 1 aromatic rings. The summed E-state index contributed by atoms with van der Waals surface area (Å²) < 4.78 is 75.1. The van der Waals surface area contributed by atoms with Crippen LogP contribution in [0.3, 0.4) is 0 Å². The van der Waals surface area contributed by atoms with Gasteiger partial charge >= 0.3 is 18.3 Å². The smallest absolute Gasteiger partial charge is 0.417 e. The van der Waals surface area contributed by atoms with Gasteiger partial charge in [-0.2, -0.15) is 26.3 Å². The van der Waals surface area contributed by atoms with Gasteiger partial charge in [0.2, 0.25) is 0 Å². The van der Waals surface area contributed by atoms with Crippen molar-refractivity contribution in [1.82, 2.24) is 0 Å². The molecule has 0 unspecified atom stereocenters. The standard InChI is InChI=1S/C10H6F6O2/c1-4-6(9(11,12)13)3-2-5(8(17)18)7(4)10(14,15)16/h2-3H,1H3,(H,17,18). The molecule has 0 saturated carbocycles. The fraction of sp³-hybridized carbons (Fsp3) is 0.300. The van der Waals surface area contributed by atoms with Crippen LogP contribution in [0.25, 0.3) is 0 Å². The van der Waals surface area contributed by atoms with Crippen LogP contribution < -0.4 is 0 Å². The number of hydrogen-bond donors (Lipinski definition) is 1. The molecule has 0 atom stereocenters. The summed E-state index contributed by atoms with van der Waals surface area (Å²) in [5, 5.41) is 8.57. The fourth-order valence-electron chi connectivity index (χ4n) is 1.56. The highest BCUT2D eigenvalue weighted by Gasteiger charge is 2.42. The zero-order chi connectivity index (χ0) is 14.3. The largest absolute Gasteiger partial charge is 0.478 e. The second-order valence-corrected chi connectivity index (χ2v) is 3.46. The molecular weight excluding hydrogens is 266 g/mol. The lowest BCUT2D eigenvalue weighted by atomic mass is 9.96. The highest BCUT2D eigenvalue weighted by molar-refractivity contribution is 5.90. The van der Waals surface area contributed by atoms with Crippen LogP contribution in [0.15, 0.2) is 12.1 Å². The number of halogens is 6. The minimum Gasteiger partial charge on any atom is -0.478 e. The highest BCUT2D eigenvalue weighted by Crippen LogP contribution is 2.40. The Balaban J connectivity index is 3.67. The van der Waals surface area contributed by atoms with Gasteiger partial charge in [-0.1, -0.05) is 0 Å². The van der Waals surface area contributed by atoms with E-state index in [0.29, 0.717) is 19.1 Å². The Morgan fingerprint density at radius 2 is 1.56 bits per heavy atom. The van der Waals surface area contributed by atoms with Crippen molar-refractivity contribution < 1.29 is 36.2 Å². The van der Waals surface area contributed by atoms with Crippen LogP contribution in [-0.2, 0) is 12.4 Å². The molecule has 0 bridgehead atoms. The van der Waals surface area contributed by atoms with Crippen LogP contribution in [0.1, 0.15) is 27.0 Å². The summed E-state index contributed by atoms with van der Waals surface area (Å²) >= 11 is 0. The van der Waals surface area contributed by atoms with E-state index in [1.54, 1.807) is 0 Å². The SMILES string of the molecule is Cc1c(C(F)(F)F)ccc(C(=O)O)c1C(F)(F)F. The number of carboxylic acid groups (broad SMARTS) is 1. The predicted octanol–water partition coefficient (Wildman–Crippen LogP) is 3.73. The molecule has 8 heteroatoms. The first kappa shape index (κ1) is 14.3. The molecule has 1 rings (SSSR count). The van der Waals surface area contributed by atoms with Crippen molar-refractivity contribution in [2.24, 2.45) is 0 Å². The molecule has 0 saturated heterocycles. The summed E-state index contributed by atoms with van der Waals surface area (Å²) in [6, 6.07) is 0.634. The van der Waals surface area contributed by atoms with Crippen molar-refractivity contribution in [2.45, 2.75) is 19.3 Å². The average Bonchev–Trinajstić information content (AvgIpc) is 2.12. The Bertz CT molecular complexity index is 486. The predicted molar refractivity (Wildman–Crippen MR) is 48.1 cm³/mol. The van der Waals surface area contributed by atoms with Gasteiger partial charge in [0.1, 0.15) is 0 Å². The maximum atomic E-state index is 12.6. The Hall–Kier alpha value is -1.73. The van der Waals surface area contributed by atoms with E-state index in [0.717, 1.165) is 0 Å². The van der Waals surface area contributed by atoms with Crippen LogP contribution >= 0.6 is 0 Å². The average molecular weight is 272 g/mol. The van der Waals surface area contributed by atoms with Crippen LogP contribution in [0, 0.1) is 6.92 Å².